The molecule has 0 bridgehead atoms. The number of rotatable bonds is 6. The van der Waals surface area contributed by atoms with Gasteiger partial charge in [-0.1, -0.05) is 57.9 Å². The molecule has 3 aromatic rings. The number of Topliss-reactive ketones (excluding diaryl/α,β-unsaturated/α-hetero) is 1. The van der Waals surface area contributed by atoms with Crippen LogP contribution < -0.4 is 5.73 Å². The lowest BCUT2D eigenvalue weighted by molar-refractivity contribution is 0.101. The molecule has 5 nitrogen and oxygen atoms in total. The highest BCUT2D eigenvalue weighted by molar-refractivity contribution is 5.98. The number of carbonyl (C=O) groups is 1. The van der Waals surface area contributed by atoms with E-state index in [4.69, 9.17) is 5.73 Å². The molecule has 0 unspecified atom stereocenters. The number of nitrogen functional groups attached to an aromatic ring is 1. The van der Waals surface area contributed by atoms with Gasteiger partial charge in [0.1, 0.15) is 5.69 Å². The molecule has 0 aliphatic heterocycles. The lowest BCUT2D eigenvalue weighted by Gasteiger charge is -2.11. The first kappa shape index (κ1) is 20.6. The second-order valence-corrected chi connectivity index (χ2v) is 6.92. The van der Waals surface area contributed by atoms with Crippen LogP contribution in [0.4, 0.5) is 5.82 Å². The molecule has 27 heavy (non-hydrogen) atoms. The molecule has 2 heterocycles. The third-order valence-electron chi connectivity index (χ3n) is 4.79. The summed E-state index contributed by atoms with van der Waals surface area (Å²) in [6, 6.07) is 10.7. The minimum Gasteiger partial charge on any atom is -0.382 e. The summed E-state index contributed by atoms with van der Waals surface area (Å²) in [6.45, 7) is 8.25. The molecule has 0 saturated heterocycles. The number of aromatic nitrogens is 3. The Morgan fingerprint density at radius 1 is 1.22 bits per heavy atom. The van der Waals surface area contributed by atoms with Crippen molar-refractivity contribution in [2.75, 3.05) is 5.73 Å². The number of carbonyl (C=O) groups excluding carboxylic acids is 1. The standard InChI is InChI=1S/C14H22.C8H8N4O/c1-4-6-7-12(3)14-10-8-13(5-2)9-11-14;1-4(13)6-2-5-7(3-10-6)11-12-8(5)9/h8-12H,4-7H2,1-3H3;2-3H,1H3,(H3,9,11,12)/t12-;/m0./s1. The van der Waals surface area contributed by atoms with Crippen molar-refractivity contribution in [2.24, 2.45) is 0 Å². The van der Waals surface area contributed by atoms with Crippen LogP contribution in [0.3, 0.4) is 0 Å². The minimum absolute atomic E-state index is 0.0810. The van der Waals surface area contributed by atoms with Gasteiger partial charge >= 0.3 is 0 Å². The summed E-state index contributed by atoms with van der Waals surface area (Å²) in [7, 11) is 0. The number of aromatic amines is 1. The molecule has 0 aliphatic carbocycles. The molecule has 2 aromatic heterocycles. The molecule has 0 spiro atoms. The predicted molar refractivity (Wildman–Crippen MR) is 112 cm³/mol. The third kappa shape index (κ3) is 5.64. The van der Waals surface area contributed by atoms with Crippen molar-refractivity contribution in [3.8, 4) is 0 Å². The lowest BCUT2D eigenvalue weighted by Crippen LogP contribution is -1.95. The monoisotopic (exact) mass is 366 g/mol. The van der Waals surface area contributed by atoms with E-state index in [9.17, 15) is 4.79 Å². The molecular weight excluding hydrogens is 336 g/mol. The van der Waals surface area contributed by atoms with Crippen LogP contribution in [0.2, 0.25) is 0 Å². The Kier molecular flexibility index (Phi) is 7.53. The summed E-state index contributed by atoms with van der Waals surface area (Å²) in [5.74, 6) is 1.03. The van der Waals surface area contributed by atoms with Crippen molar-refractivity contribution in [3.63, 3.8) is 0 Å². The van der Waals surface area contributed by atoms with E-state index in [1.165, 1.54) is 37.3 Å². The first-order valence-electron chi connectivity index (χ1n) is 9.65. The summed E-state index contributed by atoms with van der Waals surface area (Å²) in [5.41, 5.74) is 9.64. The molecule has 1 aromatic carbocycles. The molecule has 0 aliphatic rings. The van der Waals surface area contributed by atoms with E-state index < -0.39 is 0 Å². The van der Waals surface area contributed by atoms with E-state index >= 15 is 0 Å². The minimum atomic E-state index is -0.0810. The number of nitrogens with two attached hydrogens (primary N) is 1. The lowest BCUT2D eigenvalue weighted by atomic mass is 9.94. The Hall–Kier alpha value is -2.69. The van der Waals surface area contributed by atoms with E-state index in [2.05, 4.69) is 60.2 Å². The smallest absolute Gasteiger partial charge is 0.178 e. The third-order valence-corrected chi connectivity index (χ3v) is 4.79. The van der Waals surface area contributed by atoms with Crippen molar-refractivity contribution < 1.29 is 4.79 Å². The summed E-state index contributed by atoms with van der Waals surface area (Å²) >= 11 is 0. The number of H-pyrrole nitrogens is 1. The van der Waals surface area contributed by atoms with Crippen molar-refractivity contribution in [1.29, 1.82) is 0 Å². The van der Waals surface area contributed by atoms with Gasteiger partial charge in [0.2, 0.25) is 0 Å². The van der Waals surface area contributed by atoms with Gasteiger partial charge in [0.15, 0.2) is 11.6 Å². The van der Waals surface area contributed by atoms with E-state index in [0.29, 0.717) is 11.5 Å². The van der Waals surface area contributed by atoms with Gasteiger partial charge in [0.25, 0.3) is 0 Å². The summed E-state index contributed by atoms with van der Waals surface area (Å²) in [4.78, 5) is 14.9. The van der Waals surface area contributed by atoms with Gasteiger partial charge in [0, 0.05) is 12.3 Å². The fourth-order valence-electron chi connectivity index (χ4n) is 2.89. The van der Waals surface area contributed by atoms with Crippen LogP contribution in [-0.4, -0.2) is 21.0 Å². The van der Waals surface area contributed by atoms with E-state index in [1.54, 1.807) is 12.3 Å². The molecule has 0 amide bonds. The SMILES string of the molecule is CC(=O)c1cc2c(N)n[nH]c2cn1.CCCC[C@H](C)c1ccc(CC)cc1. The molecular formula is C22H30N4O. The van der Waals surface area contributed by atoms with Gasteiger partial charge in [-0.15, -0.1) is 0 Å². The number of hydrogen-bond donors (Lipinski definition) is 2. The summed E-state index contributed by atoms with van der Waals surface area (Å²) in [6.07, 6.45) is 6.66. The number of ketones is 1. The predicted octanol–water partition coefficient (Wildman–Crippen LogP) is 5.29. The van der Waals surface area contributed by atoms with E-state index in [-0.39, 0.29) is 5.78 Å². The molecule has 0 radical (unpaired) electrons. The normalized spacial score (nSPS) is 11.7. The number of anilines is 1. The zero-order valence-electron chi connectivity index (χ0n) is 16.7. The number of aryl methyl sites for hydroxylation is 1. The van der Waals surface area contributed by atoms with Crippen molar-refractivity contribution in [1.82, 2.24) is 15.2 Å². The zero-order valence-corrected chi connectivity index (χ0v) is 16.7. The highest BCUT2D eigenvalue weighted by Gasteiger charge is 2.06. The van der Waals surface area contributed by atoms with Crippen LogP contribution in [0.25, 0.3) is 10.9 Å². The van der Waals surface area contributed by atoms with Gasteiger partial charge < -0.3 is 5.73 Å². The van der Waals surface area contributed by atoms with Gasteiger partial charge in [0.05, 0.1) is 11.7 Å². The van der Waals surface area contributed by atoms with Gasteiger partial charge in [-0.05, 0) is 36.0 Å². The number of benzene rings is 1. The highest BCUT2D eigenvalue weighted by atomic mass is 16.1. The van der Waals surface area contributed by atoms with Crippen molar-refractivity contribution >= 4 is 22.5 Å². The maximum absolute atomic E-state index is 11.0. The van der Waals surface area contributed by atoms with Gasteiger partial charge in [-0.2, -0.15) is 5.10 Å². The molecule has 0 fully saturated rings. The van der Waals surface area contributed by atoms with Crippen molar-refractivity contribution in [3.05, 3.63) is 53.3 Å². The van der Waals surface area contributed by atoms with Crippen LogP contribution in [0.1, 0.15) is 74.5 Å². The number of nitrogens with zero attached hydrogens (tertiary/aromatic N) is 2. The second kappa shape index (κ2) is 9.86. The fraction of sp³-hybridized carbons (Fsp3) is 0.409. The largest absolute Gasteiger partial charge is 0.382 e. The molecule has 3 rings (SSSR count). The van der Waals surface area contributed by atoms with Crippen LogP contribution in [-0.2, 0) is 6.42 Å². The fourth-order valence-corrected chi connectivity index (χ4v) is 2.89. The Labute approximate surface area is 161 Å². The highest BCUT2D eigenvalue weighted by Crippen LogP contribution is 2.21. The van der Waals surface area contributed by atoms with E-state index in [0.717, 1.165) is 23.2 Å². The van der Waals surface area contributed by atoms with E-state index in [1.807, 2.05) is 0 Å². The number of hydrogen-bond acceptors (Lipinski definition) is 4. The molecule has 5 heteroatoms. The Morgan fingerprint density at radius 2 is 1.93 bits per heavy atom. The van der Waals surface area contributed by atoms with Crippen molar-refractivity contribution in [2.45, 2.75) is 59.3 Å². The average molecular weight is 367 g/mol. The Morgan fingerprint density at radius 3 is 2.52 bits per heavy atom. The average Bonchev–Trinajstić information content (AvgIpc) is 3.07. The first-order chi connectivity index (χ1) is 13.0. The first-order valence-corrected chi connectivity index (χ1v) is 9.65. The number of pyridine rings is 1. The topological polar surface area (TPSA) is 84.7 Å². The second-order valence-electron chi connectivity index (χ2n) is 6.92. The summed E-state index contributed by atoms with van der Waals surface area (Å²) < 4.78 is 0. The van der Waals surface area contributed by atoms with Crippen LogP contribution >= 0.6 is 0 Å². The quantitative estimate of drug-likeness (QED) is 0.581. The van der Waals surface area contributed by atoms with Crippen LogP contribution in [0, 0.1) is 0 Å². The Balaban J connectivity index is 0.000000194. The number of nitrogens with one attached hydrogen (secondary N) is 1. The van der Waals surface area contributed by atoms with Crippen LogP contribution in [0.5, 0.6) is 0 Å². The molecule has 144 valence electrons. The van der Waals surface area contributed by atoms with Crippen LogP contribution in [0.15, 0.2) is 36.5 Å². The number of unbranched alkanes of at least 4 members (excludes halogenated alkanes) is 1. The van der Waals surface area contributed by atoms with Gasteiger partial charge in [-0.3, -0.25) is 14.9 Å². The number of fused-ring (bicyclic) bond motifs is 1. The van der Waals surface area contributed by atoms with Gasteiger partial charge in [-0.25, -0.2) is 0 Å². The Bertz CT molecular complexity index is 868. The maximum Gasteiger partial charge on any atom is 0.178 e. The maximum atomic E-state index is 11.0. The molecule has 1 atom stereocenters. The molecule has 3 N–H and O–H groups in total. The molecule has 0 saturated carbocycles. The zero-order chi connectivity index (χ0) is 19.8. The summed E-state index contributed by atoms with van der Waals surface area (Å²) in [5, 5.41) is 7.24.